The van der Waals surface area contributed by atoms with Crippen molar-refractivity contribution in [2.75, 3.05) is 12.0 Å². The van der Waals surface area contributed by atoms with Crippen molar-refractivity contribution >= 4 is 23.8 Å². The molecule has 0 radical (unpaired) electrons. The van der Waals surface area contributed by atoms with Crippen molar-refractivity contribution in [2.24, 2.45) is 5.41 Å². The van der Waals surface area contributed by atoms with E-state index in [1.54, 1.807) is 11.8 Å². The van der Waals surface area contributed by atoms with Gasteiger partial charge in [-0.2, -0.15) is 11.8 Å². The summed E-state index contributed by atoms with van der Waals surface area (Å²) >= 11 is 1.65. The number of nitrogens with one attached hydrogen (secondary N) is 2. The summed E-state index contributed by atoms with van der Waals surface area (Å²) in [4.78, 5) is 22.6. The van der Waals surface area contributed by atoms with Crippen LogP contribution in [0.25, 0.3) is 0 Å². The second kappa shape index (κ2) is 8.30. The van der Waals surface area contributed by atoms with Crippen LogP contribution in [0.1, 0.15) is 40.5 Å². The number of carbonyl (C=O) groups excluding carboxylic acids is 1. The lowest BCUT2D eigenvalue weighted by atomic mass is 9.87. The highest BCUT2D eigenvalue weighted by molar-refractivity contribution is 7.98. The fourth-order valence-corrected chi connectivity index (χ4v) is 2.45. The van der Waals surface area contributed by atoms with E-state index in [2.05, 4.69) is 10.6 Å². The van der Waals surface area contributed by atoms with E-state index in [0.717, 1.165) is 5.75 Å². The summed E-state index contributed by atoms with van der Waals surface area (Å²) in [5.41, 5.74) is -0.0295. The lowest BCUT2D eigenvalue weighted by Gasteiger charge is -2.26. The topological polar surface area (TPSA) is 78.4 Å². The minimum Gasteiger partial charge on any atom is -0.481 e. The van der Waals surface area contributed by atoms with Crippen LogP contribution >= 0.6 is 11.8 Å². The Morgan fingerprint density at radius 3 is 2.26 bits per heavy atom. The first-order chi connectivity index (χ1) is 8.64. The van der Waals surface area contributed by atoms with E-state index in [1.165, 1.54) is 0 Å². The summed E-state index contributed by atoms with van der Waals surface area (Å²) in [6.45, 7) is 8.00. The molecule has 0 rings (SSSR count). The second-order valence-electron chi connectivity index (χ2n) is 6.03. The number of carbonyl (C=O) groups is 2. The molecular weight excluding hydrogens is 264 g/mol. The lowest BCUT2D eigenvalue weighted by molar-refractivity contribution is -0.137. The molecule has 3 N–H and O–H groups in total. The number of amides is 2. The molecule has 112 valence electrons. The Morgan fingerprint density at radius 1 is 1.26 bits per heavy atom. The van der Waals surface area contributed by atoms with Crippen LogP contribution in [0.15, 0.2) is 0 Å². The predicted octanol–water partition coefficient (Wildman–Crippen LogP) is 2.32. The molecule has 0 aliphatic rings. The van der Waals surface area contributed by atoms with E-state index in [1.807, 2.05) is 34.0 Å². The number of aliphatic carboxylic acids is 1. The van der Waals surface area contributed by atoms with Gasteiger partial charge in [-0.15, -0.1) is 0 Å². The molecule has 0 aromatic rings. The first-order valence-electron chi connectivity index (χ1n) is 6.42. The van der Waals surface area contributed by atoms with Gasteiger partial charge in [-0.25, -0.2) is 4.79 Å². The Balaban J connectivity index is 4.38. The summed E-state index contributed by atoms with van der Waals surface area (Å²) in [5.74, 6) is -0.0669. The number of urea groups is 1. The summed E-state index contributed by atoms with van der Waals surface area (Å²) in [6.07, 6.45) is 2.55. The Labute approximate surface area is 119 Å². The van der Waals surface area contributed by atoms with Crippen molar-refractivity contribution in [3.63, 3.8) is 0 Å². The fraction of sp³-hybridized carbons (Fsp3) is 0.846. The van der Waals surface area contributed by atoms with Gasteiger partial charge in [0.1, 0.15) is 0 Å². The maximum atomic E-state index is 11.8. The van der Waals surface area contributed by atoms with Gasteiger partial charge in [0.05, 0.1) is 6.42 Å². The van der Waals surface area contributed by atoms with E-state index in [0.29, 0.717) is 6.42 Å². The van der Waals surface area contributed by atoms with Crippen LogP contribution in [0.5, 0.6) is 0 Å². The van der Waals surface area contributed by atoms with Gasteiger partial charge in [0.15, 0.2) is 0 Å². The summed E-state index contributed by atoms with van der Waals surface area (Å²) in [5, 5.41) is 14.4. The molecule has 0 spiro atoms. The number of thioether (sulfide) groups is 1. The molecule has 6 heteroatoms. The fourth-order valence-electron chi connectivity index (χ4n) is 1.87. The van der Waals surface area contributed by atoms with Gasteiger partial charge in [0, 0.05) is 17.8 Å². The third-order valence-corrected chi connectivity index (χ3v) is 3.24. The number of rotatable bonds is 7. The third-order valence-electron chi connectivity index (χ3n) is 2.41. The van der Waals surface area contributed by atoms with Gasteiger partial charge in [-0.3, -0.25) is 4.79 Å². The summed E-state index contributed by atoms with van der Waals surface area (Å²) in [6, 6.07) is -0.578. The van der Waals surface area contributed by atoms with Crippen molar-refractivity contribution < 1.29 is 14.7 Å². The number of hydrogen-bond donors (Lipinski definition) is 3. The molecular formula is C13H26N2O3S. The lowest BCUT2D eigenvalue weighted by Crippen LogP contribution is -2.47. The monoisotopic (exact) mass is 290 g/mol. The number of carboxylic acids is 1. The van der Waals surface area contributed by atoms with Gasteiger partial charge < -0.3 is 15.7 Å². The summed E-state index contributed by atoms with van der Waals surface area (Å²) < 4.78 is 0. The zero-order valence-electron chi connectivity index (χ0n) is 12.4. The largest absolute Gasteiger partial charge is 0.481 e. The van der Waals surface area contributed by atoms with Crippen LogP contribution in [0.4, 0.5) is 4.79 Å². The van der Waals surface area contributed by atoms with Gasteiger partial charge in [0.25, 0.3) is 0 Å². The van der Waals surface area contributed by atoms with Crippen molar-refractivity contribution in [3.05, 3.63) is 0 Å². The van der Waals surface area contributed by atoms with Gasteiger partial charge >= 0.3 is 12.0 Å². The average Bonchev–Trinajstić information content (AvgIpc) is 2.12. The molecule has 0 aliphatic heterocycles. The molecule has 2 amide bonds. The molecule has 19 heavy (non-hydrogen) atoms. The molecule has 5 nitrogen and oxygen atoms in total. The van der Waals surface area contributed by atoms with Crippen LogP contribution in [0.2, 0.25) is 0 Å². The number of carboxylic acid groups (broad SMARTS) is 1. The van der Waals surface area contributed by atoms with E-state index in [4.69, 9.17) is 5.11 Å². The van der Waals surface area contributed by atoms with Crippen LogP contribution in [0.3, 0.4) is 0 Å². The highest BCUT2D eigenvalue weighted by Gasteiger charge is 2.23. The molecule has 0 bridgehead atoms. The Hall–Kier alpha value is -0.910. The smallest absolute Gasteiger partial charge is 0.315 e. The number of hydrogen-bond acceptors (Lipinski definition) is 3. The van der Waals surface area contributed by atoms with E-state index in [-0.39, 0.29) is 30.0 Å². The van der Waals surface area contributed by atoms with Gasteiger partial charge in [-0.1, -0.05) is 20.8 Å². The zero-order chi connectivity index (χ0) is 15.1. The van der Waals surface area contributed by atoms with E-state index >= 15 is 0 Å². The molecule has 0 aliphatic carbocycles. The van der Waals surface area contributed by atoms with E-state index in [9.17, 15) is 9.59 Å². The van der Waals surface area contributed by atoms with Crippen LogP contribution < -0.4 is 10.6 Å². The first kappa shape index (κ1) is 18.1. The molecule has 0 aromatic carbocycles. The molecule has 0 saturated heterocycles. The van der Waals surface area contributed by atoms with Crippen LogP contribution in [-0.2, 0) is 4.79 Å². The van der Waals surface area contributed by atoms with Crippen molar-refractivity contribution in [3.8, 4) is 0 Å². The van der Waals surface area contributed by atoms with Crippen molar-refractivity contribution in [1.82, 2.24) is 10.6 Å². The van der Waals surface area contributed by atoms with Crippen LogP contribution in [0, 0.1) is 5.41 Å². The minimum absolute atomic E-state index is 0.0295. The highest BCUT2D eigenvalue weighted by Crippen LogP contribution is 2.22. The Bertz CT molecular complexity index is 303. The SMILES string of the molecule is CSCC(C)NC(=O)NC(CC(=O)O)CC(C)(C)C. The van der Waals surface area contributed by atoms with Crippen molar-refractivity contribution in [2.45, 2.75) is 52.6 Å². The predicted molar refractivity (Wildman–Crippen MR) is 79.6 cm³/mol. The Morgan fingerprint density at radius 2 is 1.84 bits per heavy atom. The van der Waals surface area contributed by atoms with E-state index < -0.39 is 5.97 Å². The Kier molecular flexibility index (Phi) is 7.90. The molecule has 0 fully saturated rings. The standard InChI is InChI=1S/C13H26N2O3S/c1-9(8-19-5)14-12(18)15-10(6-11(16)17)7-13(2,3)4/h9-10H,6-8H2,1-5H3,(H,16,17)(H2,14,15,18). The highest BCUT2D eigenvalue weighted by atomic mass is 32.2. The van der Waals surface area contributed by atoms with Gasteiger partial charge in [0.2, 0.25) is 0 Å². The molecule has 0 heterocycles. The van der Waals surface area contributed by atoms with Crippen LogP contribution in [-0.4, -0.2) is 41.2 Å². The normalized spacial score (nSPS) is 14.6. The molecule has 0 saturated carbocycles. The van der Waals surface area contributed by atoms with Gasteiger partial charge in [-0.05, 0) is 25.0 Å². The molecule has 2 atom stereocenters. The zero-order valence-corrected chi connectivity index (χ0v) is 13.3. The molecule has 2 unspecified atom stereocenters. The molecule has 0 aromatic heterocycles. The first-order valence-corrected chi connectivity index (χ1v) is 7.81. The minimum atomic E-state index is -0.897. The maximum absolute atomic E-state index is 11.8. The maximum Gasteiger partial charge on any atom is 0.315 e. The third kappa shape index (κ3) is 10.7. The average molecular weight is 290 g/mol. The summed E-state index contributed by atoms with van der Waals surface area (Å²) in [7, 11) is 0. The quantitative estimate of drug-likeness (QED) is 0.672. The second-order valence-corrected chi connectivity index (χ2v) is 6.94. The van der Waals surface area contributed by atoms with Crippen molar-refractivity contribution in [1.29, 1.82) is 0 Å².